The molecule has 2 aromatic heterocycles. The molecule has 162 valence electrons. The van der Waals surface area contributed by atoms with Gasteiger partial charge in [0.25, 0.3) is 0 Å². The van der Waals surface area contributed by atoms with Crippen LogP contribution in [0, 0.1) is 6.92 Å². The van der Waals surface area contributed by atoms with Crippen molar-refractivity contribution >= 4 is 11.4 Å². The zero-order valence-corrected chi connectivity index (χ0v) is 18.4. The number of fused-ring (bicyclic) bond motifs is 1. The van der Waals surface area contributed by atoms with E-state index in [1.54, 1.807) is 0 Å². The molecule has 1 fully saturated rings. The number of aromatic nitrogens is 2. The minimum atomic E-state index is 0.136. The molecule has 0 spiro atoms. The topological polar surface area (TPSA) is 40.9 Å². The molecule has 1 aliphatic heterocycles. The Hall–Kier alpha value is -3.28. The van der Waals surface area contributed by atoms with Crippen LogP contribution in [0.5, 0.6) is 0 Å². The van der Waals surface area contributed by atoms with Gasteiger partial charge in [0.15, 0.2) is 5.78 Å². The molecular weight excluding hydrogens is 396 g/mol. The predicted molar refractivity (Wildman–Crippen MR) is 127 cm³/mol. The lowest BCUT2D eigenvalue weighted by molar-refractivity contribution is 0.0802. The van der Waals surface area contributed by atoms with Gasteiger partial charge >= 0.3 is 0 Å². The number of carbonyl (C=O) groups is 1. The van der Waals surface area contributed by atoms with Gasteiger partial charge in [-0.25, -0.2) is 4.98 Å². The standard InChI is InChI=1S/C27H28N4O/c1-21-26(31-15-9-8-14-25(31)28-21)24(32)20-29-16-18-30(19-17-29)27(22-10-4-2-5-11-22)23-12-6-3-7-13-23/h2-15,27H,16-20H2,1H3. The van der Waals surface area contributed by atoms with E-state index in [4.69, 9.17) is 0 Å². The first kappa shape index (κ1) is 20.6. The number of aryl methyl sites for hydroxylation is 1. The summed E-state index contributed by atoms with van der Waals surface area (Å²) in [6.45, 7) is 5.94. The minimum absolute atomic E-state index is 0.136. The summed E-state index contributed by atoms with van der Waals surface area (Å²) in [5.74, 6) is 0.136. The lowest BCUT2D eigenvalue weighted by Gasteiger charge is -2.39. The van der Waals surface area contributed by atoms with Crippen molar-refractivity contribution in [3.8, 4) is 0 Å². The minimum Gasteiger partial charge on any atom is -0.297 e. The van der Waals surface area contributed by atoms with Crippen LogP contribution in [0.4, 0.5) is 0 Å². The van der Waals surface area contributed by atoms with Crippen LogP contribution in [-0.4, -0.2) is 57.7 Å². The molecule has 0 atom stereocenters. The molecule has 3 heterocycles. The molecule has 0 amide bonds. The van der Waals surface area contributed by atoms with Gasteiger partial charge in [0.2, 0.25) is 0 Å². The second-order valence-electron chi connectivity index (χ2n) is 8.43. The van der Waals surface area contributed by atoms with Crippen LogP contribution in [0.15, 0.2) is 85.1 Å². The monoisotopic (exact) mass is 424 g/mol. The van der Waals surface area contributed by atoms with Gasteiger partial charge in [-0.2, -0.15) is 0 Å². The molecule has 0 aliphatic carbocycles. The van der Waals surface area contributed by atoms with Gasteiger partial charge < -0.3 is 0 Å². The van der Waals surface area contributed by atoms with Gasteiger partial charge in [-0.3, -0.25) is 19.0 Å². The summed E-state index contributed by atoms with van der Waals surface area (Å²) in [4.78, 5) is 22.5. The van der Waals surface area contributed by atoms with E-state index < -0.39 is 0 Å². The molecule has 2 aromatic carbocycles. The highest BCUT2D eigenvalue weighted by Crippen LogP contribution is 2.29. The van der Waals surface area contributed by atoms with Crippen LogP contribution in [0.1, 0.15) is 33.4 Å². The summed E-state index contributed by atoms with van der Waals surface area (Å²) in [5.41, 5.74) is 4.95. The molecule has 0 saturated carbocycles. The van der Waals surface area contributed by atoms with Crippen molar-refractivity contribution in [2.75, 3.05) is 32.7 Å². The average molecular weight is 425 g/mol. The fourth-order valence-corrected chi connectivity index (χ4v) is 4.79. The Morgan fingerprint density at radius 3 is 2.06 bits per heavy atom. The number of imidazole rings is 1. The molecule has 32 heavy (non-hydrogen) atoms. The van der Waals surface area contributed by atoms with Crippen LogP contribution < -0.4 is 0 Å². The number of benzene rings is 2. The van der Waals surface area contributed by atoms with Crippen molar-refractivity contribution in [3.05, 3.63) is 108 Å². The second kappa shape index (κ2) is 9.07. The van der Waals surface area contributed by atoms with E-state index in [0.717, 1.165) is 37.5 Å². The highest BCUT2D eigenvalue weighted by Gasteiger charge is 2.28. The SMILES string of the molecule is Cc1nc2ccccn2c1C(=O)CN1CCN(C(c2ccccc2)c2ccccc2)CC1. The van der Waals surface area contributed by atoms with Gasteiger partial charge in [0.05, 0.1) is 18.3 Å². The first-order valence-corrected chi connectivity index (χ1v) is 11.2. The third-order valence-corrected chi connectivity index (χ3v) is 6.34. The van der Waals surface area contributed by atoms with Gasteiger partial charge in [-0.05, 0) is 30.2 Å². The van der Waals surface area contributed by atoms with Crippen LogP contribution in [0.25, 0.3) is 5.65 Å². The Kier molecular flexibility index (Phi) is 5.84. The molecule has 0 bridgehead atoms. The lowest BCUT2D eigenvalue weighted by atomic mass is 9.96. The van der Waals surface area contributed by atoms with Gasteiger partial charge in [0.1, 0.15) is 11.3 Å². The Bertz CT molecular complexity index is 1150. The summed E-state index contributed by atoms with van der Waals surface area (Å²) < 4.78 is 1.91. The van der Waals surface area contributed by atoms with Crippen molar-refractivity contribution < 1.29 is 4.79 Å². The smallest absolute Gasteiger partial charge is 0.195 e. The van der Waals surface area contributed by atoms with Crippen LogP contribution in [0.3, 0.4) is 0 Å². The van der Waals surface area contributed by atoms with E-state index in [1.807, 2.05) is 35.7 Å². The first-order chi connectivity index (χ1) is 15.7. The number of hydrogen-bond donors (Lipinski definition) is 0. The van der Waals surface area contributed by atoms with E-state index in [2.05, 4.69) is 75.4 Å². The second-order valence-corrected chi connectivity index (χ2v) is 8.43. The van der Waals surface area contributed by atoms with Gasteiger partial charge in [0, 0.05) is 32.4 Å². The average Bonchev–Trinajstić information content (AvgIpc) is 3.17. The third kappa shape index (κ3) is 4.09. The first-order valence-electron chi connectivity index (χ1n) is 11.2. The maximum Gasteiger partial charge on any atom is 0.195 e. The Labute approximate surface area is 188 Å². The van der Waals surface area contributed by atoms with Crippen molar-refractivity contribution in [3.63, 3.8) is 0 Å². The fraction of sp³-hybridized carbons (Fsp3) is 0.259. The molecule has 1 aliphatic rings. The summed E-state index contributed by atoms with van der Waals surface area (Å²) in [6.07, 6.45) is 1.92. The van der Waals surface area contributed by atoms with Gasteiger partial charge in [-0.1, -0.05) is 66.7 Å². The molecule has 0 N–H and O–H groups in total. The molecule has 1 saturated heterocycles. The number of carbonyl (C=O) groups excluding carboxylic acids is 1. The maximum atomic E-state index is 13.2. The fourth-order valence-electron chi connectivity index (χ4n) is 4.79. The summed E-state index contributed by atoms with van der Waals surface area (Å²) in [6, 6.07) is 27.5. The Balaban J connectivity index is 1.30. The van der Waals surface area contributed by atoms with Crippen LogP contribution in [0.2, 0.25) is 0 Å². The quantitative estimate of drug-likeness (QED) is 0.434. The van der Waals surface area contributed by atoms with Crippen molar-refractivity contribution in [1.82, 2.24) is 19.2 Å². The molecule has 4 aromatic rings. The molecule has 0 unspecified atom stereocenters. The number of hydrogen-bond acceptors (Lipinski definition) is 4. The zero-order valence-electron chi connectivity index (χ0n) is 18.4. The molecule has 5 nitrogen and oxygen atoms in total. The summed E-state index contributed by atoms with van der Waals surface area (Å²) >= 11 is 0. The number of rotatable bonds is 6. The van der Waals surface area contributed by atoms with Crippen LogP contribution >= 0.6 is 0 Å². The van der Waals surface area contributed by atoms with Crippen molar-refractivity contribution in [2.24, 2.45) is 0 Å². The maximum absolute atomic E-state index is 13.2. The largest absolute Gasteiger partial charge is 0.297 e. The lowest BCUT2D eigenvalue weighted by Crippen LogP contribution is -2.49. The van der Waals surface area contributed by atoms with E-state index in [0.29, 0.717) is 12.2 Å². The third-order valence-electron chi connectivity index (χ3n) is 6.34. The van der Waals surface area contributed by atoms with Crippen LogP contribution in [-0.2, 0) is 0 Å². The van der Waals surface area contributed by atoms with E-state index in [-0.39, 0.29) is 11.8 Å². The number of pyridine rings is 1. The molecule has 5 rings (SSSR count). The highest BCUT2D eigenvalue weighted by atomic mass is 16.1. The Morgan fingerprint density at radius 1 is 0.844 bits per heavy atom. The number of piperazine rings is 1. The number of ketones is 1. The molecular formula is C27H28N4O. The predicted octanol–water partition coefficient (Wildman–Crippen LogP) is 4.23. The zero-order chi connectivity index (χ0) is 21.9. The van der Waals surface area contributed by atoms with Gasteiger partial charge in [-0.15, -0.1) is 0 Å². The highest BCUT2D eigenvalue weighted by molar-refractivity contribution is 5.98. The van der Waals surface area contributed by atoms with E-state index in [1.165, 1.54) is 11.1 Å². The number of Topliss-reactive ketones (excluding diaryl/α,β-unsaturated/α-hetero) is 1. The molecule has 5 heteroatoms. The normalized spacial score (nSPS) is 15.4. The summed E-state index contributed by atoms with van der Waals surface area (Å²) in [5, 5.41) is 0. The van der Waals surface area contributed by atoms with Crippen molar-refractivity contribution in [2.45, 2.75) is 13.0 Å². The molecule has 0 radical (unpaired) electrons. The number of nitrogens with zero attached hydrogens (tertiary/aromatic N) is 4. The van der Waals surface area contributed by atoms with E-state index in [9.17, 15) is 4.79 Å². The Morgan fingerprint density at radius 2 is 1.44 bits per heavy atom. The van der Waals surface area contributed by atoms with Crippen molar-refractivity contribution in [1.29, 1.82) is 0 Å². The van der Waals surface area contributed by atoms with E-state index >= 15 is 0 Å². The summed E-state index contributed by atoms with van der Waals surface area (Å²) in [7, 11) is 0.